The van der Waals surface area contributed by atoms with Gasteiger partial charge in [-0.15, -0.1) is 0 Å². The average molecular weight is 304 g/mol. The van der Waals surface area contributed by atoms with Crippen LogP contribution in [0.4, 0.5) is 0 Å². The average Bonchev–Trinajstić information content (AvgIpc) is 2.48. The lowest BCUT2D eigenvalue weighted by molar-refractivity contribution is -0.239. The molecular weight excluding hydrogens is 276 g/mol. The molecule has 4 N–H and O–H groups in total. The monoisotopic (exact) mass is 304 g/mol. The predicted molar refractivity (Wildman–Crippen MR) is 79.2 cm³/mol. The van der Waals surface area contributed by atoms with E-state index < -0.39 is 30.5 Å². The lowest BCUT2D eigenvalue weighted by Gasteiger charge is -2.42. The molecule has 0 saturated carbocycles. The smallest absolute Gasteiger partial charge is 0.114 e. The van der Waals surface area contributed by atoms with Crippen molar-refractivity contribution in [2.24, 2.45) is 5.10 Å². The molecule has 1 saturated heterocycles. The highest BCUT2D eigenvalue weighted by Crippen LogP contribution is 2.25. The highest BCUT2D eigenvalue weighted by molar-refractivity contribution is 5.82. The Morgan fingerprint density at radius 3 is 2.52 bits per heavy atom. The van der Waals surface area contributed by atoms with Crippen LogP contribution in [0.15, 0.2) is 5.10 Å². The molecule has 7 heteroatoms. The lowest BCUT2D eigenvalue weighted by atomic mass is 9.92. The van der Waals surface area contributed by atoms with Crippen LogP contribution < -0.4 is 5.43 Å². The van der Waals surface area contributed by atoms with E-state index in [1.165, 1.54) is 0 Å². The topological polar surface area (TPSA) is 104 Å². The number of ether oxygens (including phenoxy) is 2. The van der Waals surface area contributed by atoms with E-state index in [4.69, 9.17) is 9.47 Å². The number of rotatable bonds is 8. The van der Waals surface area contributed by atoms with Gasteiger partial charge < -0.3 is 30.2 Å². The fraction of sp³-hybridized carbons (Fsp3) is 0.929. The van der Waals surface area contributed by atoms with E-state index in [-0.39, 0.29) is 6.61 Å². The largest absolute Gasteiger partial charge is 0.394 e. The molecule has 21 heavy (non-hydrogen) atoms. The lowest BCUT2D eigenvalue weighted by Crippen LogP contribution is -2.59. The second kappa shape index (κ2) is 9.32. The van der Waals surface area contributed by atoms with Gasteiger partial charge in [0, 0.05) is 25.3 Å². The van der Waals surface area contributed by atoms with Gasteiger partial charge in [-0.2, -0.15) is 5.10 Å². The number of hydrogen-bond donors (Lipinski definition) is 4. The molecule has 0 aromatic heterocycles. The molecular formula is C14H28N2O5. The Morgan fingerprint density at radius 1 is 1.24 bits per heavy atom. The van der Waals surface area contributed by atoms with Gasteiger partial charge in [0.2, 0.25) is 0 Å². The molecule has 0 radical (unpaired) electrons. The fourth-order valence-electron chi connectivity index (χ4n) is 2.34. The van der Waals surface area contributed by atoms with Gasteiger partial charge in [-0.05, 0) is 20.3 Å². The molecule has 0 aromatic carbocycles. The quantitative estimate of drug-likeness (QED) is 0.361. The zero-order valence-electron chi connectivity index (χ0n) is 13.0. The summed E-state index contributed by atoms with van der Waals surface area (Å²) in [4.78, 5) is 0. The zero-order valence-corrected chi connectivity index (χ0v) is 13.0. The maximum atomic E-state index is 10.2. The summed E-state index contributed by atoms with van der Waals surface area (Å²) in [5.74, 6) is 0. The van der Waals surface area contributed by atoms with Crippen molar-refractivity contribution in [1.82, 2.24) is 5.43 Å². The van der Waals surface area contributed by atoms with Gasteiger partial charge in [0.05, 0.1) is 12.7 Å². The summed E-state index contributed by atoms with van der Waals surface area (Å²) in [7, 11) is 0. The molecule has 1 heterocycles. The van der Waals surface area contributed by atoms with Crippen LogP contribution in [-0.2, 0) is 9.47 Å². The van der Waals surface area contributed by atoms with Gasteiger partial charge in [-0.1, -0.05) is 6.92 Å². The van der Waals surface area contributed by atoms with Crippen LogP contribution in [0.25, 0.3) is 0 Å². The van der Waals surface area contributed by atoms with Crippen LogP contribution in [0.3, 0.4) is 0 Å². The van der Waals surface area contributed by atoms with Crippen LogP contribution >= 0.6 is 0 Å². The molecule has 0 bridgehead atoms. The van der Waals surface area contributed by atoms with Gasteiger partial charge in [0.1, 0.15) is 24.4 Å². The molecule has 1 aliphatic heterocycles. The van der Waals surface area contributed by atoms with E-state index in [1.807, 2.05) is 20.8 Å². The summed E-state index contributed by atoms with van der Waals surface area (Å²) < 4.78 is 11.2. The van der Waals surface area contributed by atoms with E-state index >= 15 is 0 Å². The molecule has 1 rings (SSSR count). The minimum Gasteiger partial charge on any atom is -0.394 e. The predicted octanol–water partition coefficient (Wildman–Crippen LogP) is -0.361. The summed E-state index contributed by atoms with van der Waals surface area (Å²) in [6.07, 6.45) is -2.96. The summed E-state index contributed by atoms with van der Waals surface area (Å²) in [5.41, 5.74) is 3.60. The molecule has 0 amide bonds. The molecule has 0 spiro atoms. The van der Waals surface area contributed by atoms with Crippen molar-refractivity contribution in [3.63, 3.8) is 0 Å². The van der Waals surface area contributed by atoms with Crippen LogP contribution in [-0.4, -0.2) is 71.3 Å². The molecule has 0 aliphatic carbocycles. The maximum absolute atomic E-state index is 10.2. The van der Waals surface area contributed by atoms with Crippen molar-refractivity contribution in [1.29, 1.82) is 0 Å². The van der Waals surface area contributed by atoms with E-state index in [0.717, 1.165) is 12.1 Å². The third kappa shape index (κ3) is 5.19. The third-order valence-electron chi connectivity index (χ3n) is 3.40. The van der Waals surface area contributed by atoms with Crippen LogP contribution in [0.1, 0.15) is 33.6 Å². The molecule has 1 aliphatic rings. The zero-order chi connectivity index (χ0) is 15.8. The summed E-state index contributed by atoms with van der Waals surface area (Å²) in [5, 5.41) is 33.9. The van der Waals surface area contributed by atoms with Crippen molar-refractivity contribution in [3.8, 4) is 0 Å². The Hall–Kier alpha value is -0.730. The van der Waals surface area contributed by atoms with E-state index in [2.05, 4.69) is 10.5 Å². The Bertz CT molecular complexity index is 324. The number of hydrogen-bond acceptors (Lipinski definition) is 7. The second-order valence-electron chi connectivity index (χ2n) is 5.28. The molecule has 7 nitrogen and oxygen atoms in total. The Labute approximate surface area is 126 Å². The molecule has 0 aromatic rings. The molecule has 5 unspecified atom stereocenters. The fourth-order valence-corrected chi connectivity index (χ4v) is 2.34. The number of hydrazone groups is 1. The molecule has 1 fully saturated rings. The third-order valence-corrected chi connectivity index (χ3v) is 3.40. The highest BCUT2D eigenvalue weighted by atomic mass is 16.6. The van der Waals surface area contributed by atoms with E-state index in [9.17, 15) is 15.3 Å². The van der Waals surface area contributed by atoms with E-state index in [1.54, 1.807) is 0 Å². The first-order valence-electron chi connectivity index (χ1n) is 7.55. The van der Waals surface area contributed by atoms with Crippen LogP contribution in [0.2, 0.25) is 0 Å². The van der Waals surface area contributed by atoms with Gasteiger partial charge in [0.15, 0.2) is 0 Å². The Kier molecular flexibility index (Phi) is 8.13. The van der Waals surface area contributed by atoms with Crippen LogP contribution in [0.5, 0.6) is 0 Å². The van der Waals surface area contributed by atoms with Crippen molar-refractivity contribution >= 4 is 5.71 Å². The minimum atomic E-state index is -1.08. The van der Waals surface area contributed by atoms with E-state index in [0.29, 0.717) is 19.6 Å². The van der Waals surface area contributed by atoms with Crippen molar-refractivity contribution in [2.45, 2.75) is 64.1 Å². The number of nitrogens with one attached hydrogen (secondary N) is 1. The maximum Gasteiger partial charge on any atom is 0.114 e. The highest BCUT2D eigenvalue weighted by Gasteiger charge is 2.44. The first-order valence-corrected chi connectivity index (χ1v) is 7.55. The van der Waals surface area contributed by atoms with Crippen molar-refractivity contribution in [3.05, 3.63) is 0 Å². The number of nitrogens with zero attached hydrogens (tertiary/aromatic N) is 1. The van der Waals surface area contributed by atoms with Gasteiger partial charge >= 0.3 is 0 Å². The number of aliphatic hydroxyl groups is 3. The van der Waals surface area contributed by atoms with Crippen molar-refractivity contribution < 1.29 is 24.8 Å². The Balaban J connectivity index is 2.69. The number of aliphatic hydroxyl groups excluding tert-OH is 3. The summed E-state index contributed by atoms with van der Waals surface area (Å²) in [6, 6.07) is 0. The van der Waals surface area contributed by atoms with Gasteiger partial charge in [-0.3, -0.25) is 0 Å². The van der Waals surface area contributed by atoms with Gasteiger partial charge in [0.25, 0.3) is 0 Å². The standard InChI is InChI=1S/C14H28N2O5/c1-4-6-20-14-11(8-17)21-10(12(18)13(14)19)7-9(3)16-15-5-2/h10-15,17-19H,4-8H2,1-3H3/b16-9+. The Morgan fingerprint density at radius 2 is 1.95 bits per heavy atom. The SMILES string of the molecule is CCCOC1C(CO)OC(C/C(C)=N/NCC)C(O)C1O. The van der Waals surface area contributed by atoms with Crippen LogP contribution in [0, 0.1) is 0 Å². The molecule has 5 atom stereocenters. The summed E-state index contributed by atoms with van der Waals surface area (Å²) in [6.45, 7) is 6.59. The molecule has 124 valence electrons. The second-order valence-corrected chi connectivity index (χ2v) is 5.28. The first kappa shape index (κ1) is 18.3. The van der Waals surface area contributed by atoms with Gasteiger partial charge in [-0.25, -0.2) is 0 Å². The normalized spacial score (nSPS) is 34.0. The minimum absolute atomic E-state index is 0.266. The van der Waals surface area contributed by atoms with Crippen molar-refractivity contribution in [2.75, 3.05) is 19.8 Å². The first-order chi connectivity index (χ1) is 10.0. The summed E-state index contributed by atoms with van der Waals surface area (Å²) >= 11 is 0.